The molecule has 0 aromatic rings. The van der Waals surface area contributed by atoms with Gasteiger partial charge in [0.1, 0.15) is 0 Å². The average molecular weight is 318 g/mol. The van der Waals surface area contributed by atoms with Crippen LogP contribution >= 0.6 is 0 Å². The molecule has 0 aromatic heterocycles. The summed E-state index contributed by atoms with van der Waals surface area (Å²) in [7, 11) is -3.37. The molecule has 0 spiro atoms. The molecule has 6 heteroatoms. The normalized spacial score (nSPS) is 29.2. The molecule has 2 atom stereocenters. The zero-order valence-electron chi connectivity index (χ0n) is 13.4. The second-order valence-electron chi connectivity index (χ2n) is 6.79. The summed E-state index contributed by atoms with van der Waals surface area (Å²) in [6, 6.07) is -0.0446. The van der Waals surface area contributed by atoms with Gasteiger partial charge >= 0.3 is 0 Å². The third-order valence-corrected chi connectivity index (χ3v) is 6.89. The van der Waals surface area contributed by atoms with Crippen LogP contribution in [-0.2, 0) is 10.2 Å². The van der Waals surface area contributed by atoms with Crippen molar-refractivity contribution < 1.29 is 13.5 Å². The zero-order valence-corrected chi connectivity index (χ0v) is 14.2. The van der Waals surface area contributed by atoms with Crippen molar-refractivity contribution in [1.29, 1.82) is 0 Å². The molecular weight excluding hydrogens is 288 g/mol. The number of aliphatic hydroxyl groups is 1. The van der Waals surface area contributed by atoms with Gasteiger partial charge in [0.2, 0.25) is 0 Å². The summed E-state index contributed by atoms with van der Waals surface area (Å²) in [4.78, 5) is 0. The van der Waals surface area contributed by atoms with Crippen LogP contribution in [0.5, 0.6) is 0 Å². The predicted molar refractivity (Wildman–Crippen MR) is 84.2 cm³/mol. The van der Waals surface area contributed by atoms with Crippen LogP contribution in [-0.4, -0.2) is 53.9 Å². The van der Waals surface area contributed by atoms with E-state index in [2.05, 4.69) is 6.92 Å². The molecule has 5 nitrogen and oxygen atoms in total. The van der Waals surface area contributed by atoms with Crippen LogP contribution in [0.1, 0.15) is 58.8 Å². The summed E-state index contributed by atoms with van der Waals surface area (Å²) in [5, 5.41) is 9.69. The molecule has 2 aliphatic rings. The molecule has 2 saturated heterocycles. The van der Waals surface area contributed by atoms with Gasteiger partial charge < -0.3 is 5.11 Å². The first-order chi connectivity index (χ1) is 9.91. The highest BCUT2D eigenvalue weighted by Crippen LogP contribution is 2.27. The quantitative estimate of drug-likeness (QED) is 0.862. The molecule has 0 aromatic carbocycles. The van der Waals surface area contributed by atoms with Gasteiger partial charge in [-0.3, -0.25) is 0 Å². The van der Waals surface area contributed by atoms with Gasteiger partial charge in [0, 0.05) is 25.7 Å². The second kappa shape index (κ2) is 7.40. The summed E-state index contributed by atoms with van der Waals surface area (Å²) >= 11 is 0. The molecule has 0 aliphatic carbocycles. The minimum Gasteiger partial charge on any atom is -0.393 e. The minimum atomic E-state index is -3.37. The largest absolute Gasteiger partial charge is 0.393 e. The van der Waals surface area contributed by atoms with Crippen LogP contribution in [0, 0.1) is 5.92 Å². The van der Waals surface area contributed by atoms with Crippen LogP contribution < -0.4 is 0 Å². The number of hydrogen-bond acceptors (Lipinski definition) is 3. The van der Waals surface area contributed by atoms with Crippen LogP contribution in [0.4, 0.5) is 0 Å². The van der Waals surface area contributed by atoms with Crippen molar-refractivity contribution in [3.63, 3.8) is 0 Å². The molecule has 2 rings (SSSR count). The van der Waals surface area contributed by atoms with Gasteiger partial charge in [-0.15, -0.1) is 0 Å². The monoisotopic (exact) mass is 318 g/mol. The van der Waals surface area contributed by atoms with E-state index >= 15 is 0 Å². The van der Waals surface area contributed by atoms with Gasteiger partial charge in [-0.1, -0.05) is 19.8 Å². The first-order valence-corrected chi connectivity index (χ1v) is 9.76. The summed E-state index contributed by atoms with van der Waals surface area (Å²) in [6.07, 6.45) is 5.94. The summed E-state index contributed by atoms with van der Waals surface area (Å²) in [5.41, 5.74) is 0. The summed E-state index contributed by atoms with van der Waals surface area (Å²) in [5.74, 6) is 0.619. The molecule has 0 radical (unpaired) electrons. The summed E-state index contributed by atoms with van der Waals surface area (Å²) < 4.78 is 29.3. The van der Waals surface area contributed by atoms with Crippen LogP contribution in [0.15, 0.2) is 0 Å². The van der Waals surface area contributed by atoms with E-state index in [1.54, 1.807) is 15.5 Å². The van der Waals surface area contributed by atoms with Gasteiger partial charge in [0.05, 0.1) is 6.10 Å². The smallest absolute Gasteiger partial charge is 0.282 e. The van der Waals surface area contributed by atoms with Crippen molar-refractivity contribution >= 4 is 10.2 Å². The van der Waals surface area contributed by atoms with Gasteiger partial charge in [0.15, 0.2) is 0 Å². The van der Waals surface area contributed by atoms with Crippen molar-refractivity contribution in [2.24, 2.45) is 5.92 Å². The van der Waals surface area contributed by atoms with Crippen molar-refractivity contribution in [3.8, 4) is 0 Å². The molecular formula is C15H30N2O3S. The number of hydrogen-bond donors (Lipinski definition) is 1. The lowest BCUT2D eigenvalue weighted by Gasteiger charge is -2.37. The molecule has 124 valence electrons. The van der Waals surface area contributed by atoms with Crippen molar-refractivity contribution in [3.05, 3.63) is 0 Å². The Hall–Kier alpha value is -0.170. The predicted octanol–water partition coefficient (Wildman–Crippen LogP) is 1.98. The van der Waals surface area contributed by atoms with Gasteiger partial charge in [-0.2, -0.15) is 17.0 Å². The zero-order chi connectivity index (χ0) is 15.5. The number of nitrogens with zero attached hydrogens (tertiary/aromatic N) is 2. The van der Waals surface area contributed by atoms with Gasteiger partial charge in [0.25, 0.3) is 10.2 Å². The fourth-order valence-electron chi connectivity index (χ4n) is 3.45. The molecule has 0 amide bonds. The lowest BCUT2D eigenvalue weighted by Crippen LogP contribution is -2.51. The standard InChI is InChI=1S/C15H30N2O3S/c1-13-7-10-16(11-8-13)21(19,20)17-9-5-3-4-6-15(17)12-14(2)18/h13-15,18H,3-12H2,1-2H3. The second-order valence-corrected chi connectivity index (χ2v) is 8.67. The van der Waals surface area contributed by atoms with Crippen molar-refractivity contribution in [1.82, 2.24) is 8.61 Å². The Bertz CT molecular complexity index is 417. The third kappa shape index (κ3) is 4.41. The lowest BCUT2D eigenvalue weighted by molar-refractivity contribution is 0.142. The maximum absolute atomic E-state index is 13.0. The average Bonchev–Trinajstić information content (AvgIpc) is 2.64. The SMILES string of the molecule is CC(O)CC1CCCCCN1S(=O)(=O)N1CCC(C)CC1. The highest BCUT2D eigenvalue weighted by Gasteiger charge is 2.37. The Morgan fingerprint density at radius 2 is 1.76 bits per heavy atom. The number of rotatable bonds is 4. The highest BCUT2D eigenvalue weighted by molar-refractivity contribution is 7.86. The summed E-state index contributed by atoms with van der Waals surface area (Å²) in [6.45, 7) is 5.82. The van der Waals surface area contributed by atoms with E-state index in [1.165, 1.54) is 0 Å². The molecule has 2 fully saturated rings. The topological polar surface area (TPSA) is 60.9 Å². The van der Waals surface area contributed by atoms with E-state index < -0.39 is 16.3 Å². The van der Waals surface area contributed by atoms with E-state index in [0.29, 0.717) is 32.0 Å². The van der Waals surface area contributed by atoms with E-state index in [0.717, 1.165) is 38.5 Å². The minimum absolute atomic E-state index is 0.0446. The van der Waals surface area contributed by atoms with E-state index in [9.17, 15) is 13.5 Å². The van der Waals surface area contributed by atoms with Crippen LogP contribution in [0.25, 0.3) is 0 Å². The number of piperidine rings is 1. The molecule has 1 N–H and O–H groups in total. The lowest BCUT2D eigenvalue weighted by atomic mass is 10.0. The Morgan fingerprint density at radius 3 is 2.38 bits per heavy atom. The van der Waals surface area contributed by atoms with E-state index in [1.807, 2.05) is 0 Å². The molecule has 2 aliphatic heterocycles. The fourth-order valence-corrected chi connectivity index (χ4v) is 5.34. The van der Waals surface area contributed by atoms with Crippen molar-refractivity contribution in [2.45, 2.75) is 70.9 Å². The van der Waals surface area contributed by atoms with E-state index in [4.69, 9.17) is 0 Å². The molecule has 0 bridgehead atoms. The first kappa shape index (κ1) is 17.2. The third-order valence-electron chi connectivity index (χ3n) is 4.80. The van der Waals surface area contributed by atoms with Gasteiger partial charge in [-0.25, -0.2) is 0 Å². The fraction of sp³-hybridized carbons (Fsp3) is 1.00. The maximum atomic E-state index is 13.0. The highest BCUT2D eigenvalue weighted by atomic mass is 32.2. The van der Waals surface area contributed by atoms with E-state index in [-0.39, 0.29) is 6.04 Å². The molecule has 0 saturated carbocycles. The Morgan fingerprint density at radius 1 is 1.10 bits per heavy atom. The number of aliphatic hydroxyl groups excluding tert-OH is 1. The van der Waals surface area contributed by atoms with Gasteiger partial charge in [-0.05, 0) is 44.9 Å². The molecule has 2 unspecified atom stereocenters. The Labute approximate surface area is 129 Å². The Balaban J connectivity index is 2.13. The van der Waals surface area contributed by atoms with Crippen LogP contribution in [0.2, 0.25) is 0 Å². The molecule has 21 heavy (non-hydrogen) atoms. The molecule has 2 heterocycles. The Kier molecular flexibility index (Phi) is 6.05. The van der Waals surface area contributed by atoms with Crippen LogP contribution in [0.3, 0.4) is 0 Å². The van der Waals surface area contributed by atoms with Crippen molar-refractivity contribution in [2.75, 3.05) is 19.6 Å². The maximum Gasteiger partial charge on any atom is 0.282 e. The first-order valence-electron chi connectivity index (χ1n) is 8.36.